The zero-order chi connectivity index (χ0) is 18.3. The minimum absolute atomic E-state index is 0.00583. The summed E-state index contributed by atoms with van der Waals surface area (Å²) in [6, 6.07) is 1.07. The average Bonchev–Trinajstić information content (AvgIpc) is 2.76. The highest BCUT2D eigenvalue weighted by atomic mass is 32.1. The van der Waals surface area contributed by atoms with Crippen LogP contribution in [0.15, 0.2) is 18.2 Å². The molecule has 1 atom stereocenters. The second-order valence-corrected chi connectivity index (χ2v) is 5.45. The highest BCUT2D eigenvalue weighted by Crippen LogP contribution is 2.39. The zero-order valence-corrected chi connectivity index (χ0v) is 12.4. The second kappa shape index (κ2) is 6.11. The van der Waals surface area contributed by atoms with Crippen LogP contribution < -0.4 is 4.90 Å². The second-order valence-electron chi connectivity index (χ2n) is 4.98. The van der Waals surface area contributed by atoms with E-state index in [0.717, 1.165) is 4.90 Å². The van der Waals surface area contributed by atoms with Crippen LogP contribution in [-0.2, 0) is 17.1 Å². The van der Waals surface area contributed by atoms with Crippen molar-refractivity contribution >= 4 is 29.0 Å². The van der Waals surface area contributed by atoms with E-state index >= 15 is 0 Å². The molecule has 1 N–H and O–H groups in total. The van der Waals surface area contributed by atoms with Crippen molar-refractivity contribution < 1.29 is 41.0 Å². The van der Waals surface area contributed by atoms with Crippen molar-refractivity contribution in [1.82, 2.24) is 0 Å². The summed E-state index contributed by atoms with van der Waals surface area (Å²) >= 11 is 4.92. The summed E-state index contributed by atoms with van der Waals surface area (Å²) in [5.41, 5.74) is -3.37. The first-order chi connectivity index (χ1) is 10.9. The number of carboxylic acid groups (broad SMARTS) is 1. The van der Waals surface area contributed by atoms with Gasteiger partial charge in [-0.1, -0.05) is 12.2 Å². The number of hydrogen-bond acceptors (Lipinski definition) is 3. The van der Waals surface area contributed by atoms with Gasteiger partial charge in [-0.25, -0.2) is 4.79 Å². The van der Waals surface area contributed by atoms with Crippen molar-refractivity contribution in [2.24, 2.45) is 0 Å². The molecule has 11 heteroatoms. The highest BCUT2D eigenvalue weighted by Gasteiger charge is 2.39. The van der Waals surface area contributed by atoms with Crippen molar-refractivity contribution in [1.29, 1.82) is 0 Å². The molecule has 132 valence electrons. The van der Waals surface area contributed by atoms with E-state index in [-0.39, 0.29) is 24.0 Å². The van der Waals surface area contributed by atoms with Crippen molar-refractivity contribution in [2.45, 2.75) is 24.9 Å². The smallest absolute Gasteiger partial charge is 0.450 e. The normalized spacial score (nSPS) is 18.8. The first-order valence-electron chi connectivity index (χ1n) is 6.37. The number of benzene rings is 1. The number of alkyl halides is 6. The number of halogens is 6. The number of nitrogens with zero attached hydrogens (tertiary/aromatic N) is 1. The fourth-order valence-electron chi connectivity index (χ4n) is 2.24. The zero-order valence-electron chi connectivity index (χ0n) is 11.6. The number of anilines is 1. The maximum Gasteiger partial charge on any atom is 0.506 e. The first kappa shape index (κ1) is 18.3. The summed E-state index contributed by atoms with van der Waals surface area (Å²) in [6.07, 6.45) is -12.6. The summed E-state index contributed by atoms with van der Waals surface area (Å²) in [5, 5.41) is 8.54. The Morgan fingerprint density at radius 2 is 1.62 bits per heavy atom. The van der Waals surface area contributed by atoms with Crippen LogP contribution >= 0.6 is 12.2 Å². The van der Waals surface area contributed by atoms with Crippen molar-refractivity contribution in [2.75, 3.05) is 11.4 Å². The Morgan fingerprint density at radius 1 is 1.12 bits per heavy atom. The third kappa shape index (κ3) is 4.08. The fourth-order valence-corrected chi connectivity index (χ4v) is 2.61. The number of ether oxygens (including phenoxy) is 1. The molecule has 1 aliphatic rings. The van der Waals surface area contributed by atoms with Gasteiger partial charge in [0.1, 0.15) is 6.10 Å². The molecule has 0 spiro atoms. The van der Waals surface area contributed by atoms with E-state index in [0.29, 0.717) is 12.1 Å². The van der Waals surface area contributed by atoms with E-state index < -0.39 is 41.4 Å². The van der Waals surface area contributed by atoms with Crippen molar-refractivity contribution in [3.8, 4) is 0 Å². The Morgan fingerprint density at radius 3 is 2.04 bits per heavy atom. The molecule has 4 nitrogen and oxygen atoms in total. The van der Waals surface area contributed by atoms with Crippen LogP contribution in [0.25, 0.3) is 0 Å². The van der Waals surface area contributed by atoms with Crippen LogP contribution in [0.3, 0.4) is 0 Å². The van der Waals surface area contributed by atoms with Gasteiger partial charge in [-0.3, -0.25) is 0 Å². The lowest BCUT2D eigenvalue weighted by Gasteiger charge is -2.21. The predicted molar refractivity (Wildman–Crippen MR) is 73.9 cm³/mol. The highest BCUT2D eigenvalue weighted by molar-refractivity contribution is 7.80. The summed E-state index contributed by atoms with van der Waals surface area (Å²) in [6.45, 7) is -0.260. The van der Waals surface area contributed by atoms with Gasteiger partial charge >= 0.3 is 18.5 Å². The lowest BCUT2D eigenvalue weighted by Crippen LogP contribution is -2.26. The Labute approximate surface area is 136 Å². The van der Waals surface area contributed by atoms with E-state index in [1.165, 1.54) is 0 Å². The summed E-state index contributed by atoms with van der Waals surface area (Å²) in [4.78, 5) is 11.5. The Bertz CT molecular complexity index is 640. The molecule has 1 fully saturated rings. The summed E-state index contributed by atoms with van der Waals surface area (Å²) < 4.78 is 81.6. The monoisotopic (exact) mass is 373 g/mol. The Kier molecular flexibility index (Phi) is 4.66. The van der Waals surface area contributed by atoms with Gasteiger partial charge in [0.05, 0.1) is 22.7 Å². The SMILES string of the molecule is O=C(O)OC1CC(=S)N(c2cc(C(F)(F)F)cc(C(F)(F)F)c2)C1. The van der Waals surface area contributed by atoms with Crippen LogP contribution in [0.2, 0.25) is 0 Å². The fraction of sp³-hybridized carbons (Fsp3) is 0.385. The molecule has 1 heterocycles. The topological polar surface area (TPSA) is 49.8 Å². The molecule has 1 saturated heterocycles. The molecule has 0 saturated carbocycles. The van der Waals surface area contributed by atoms with E-state index in [1.807, 2.05) is 0 Å². The van der Waals surface area contributed by atoms with Crippen LogP contribution in [0, 0.1) is 0 Å². The number of rotatable bonds is 2. The van der Waals surface area contributed by atoms with Gasteiger partial charge in [-0.15, -0.1) is 0 Å². The summed E-state index contributed by atoms with van der Waals surface area (Å²) in [5.74, 6) is 0. The molecule has 0 aromatic heterocycles. The largest absolute Gasteiger partial charge is 0.506 e. The standard InChI is InChI=1S/C13H9F6NO3S/c14-12(15,16)6-1-7(13(17,18)19)3-8(2-6)20-5-9(4-10(20)24)23-11(21)22/h1-3,9H,4-5H2,(H,21,22). The molecule has 0 radical (unpaired) electrons. The molecule has 1 aromatic carbocycles. The average molecular weight is 373 g/mol. The lowest BCUT2D eigenvalue weighted by atomic mass is 10.1. The van der Waals surface area contributed by atoms with Gasteiger partial charge < -0.3 is 14.7 Å². The van der Waals surface area contributed by atoms with E-state index in [4.69, 9.17) is 17.3 Å². The molecule has 0 aliphatic carbocycles. The minimum Gasteiger partial charge on any atom is -0.450 e. The molecule has 0 amide bonds. The van der Waals surface area contributed by atoms with Gasteiger partial charge in [0.25, 0.3) is 0 Å². The van der Waals surface area contributed by atoms with Gasteiger partial charge in [-0.05, 0) is 18.2 Å². The molecule has 24 heavy (non-hydrogen) atoms. The van der Waals surface area contributed by atoms with E-state index in [9.17, 15) is 31.1 Å². The molecular weight excluding hydrogens is 364 g/mol. The van der Waals surface area contributed by atoms with E-state index in [2.05, 4.69) is 4.74 Å². The Balaban J connectivity index is 2.42. The van der Waals surface area contributed by atoms with Gasteiger partial charge in [0, 0.05) is 12.1 Å². The first-order valence-corrected chi connectivity index (χ1v) is 6.78. The van der Waals surface area contributed by atoms with Crippen LogP contribution in [-0.4, -0.2) is 28.9 Å². The molecule has 0 bridgehead atoms. The quantitative estimate of drug-likeness (QED) is 0.475. The molecule has 1 aromatic rings. The number of hydrogen-bond donors (Lipinski definition) is 1. The third-order valence-corrected chi connectivity index (χ3v) is 3.63. The van der Waals surface area contributed by atoms with Gasteiger partial charge in [0.2, 0.25) is 0 Å². The third-order valence-electron chi connectivity index (χ3n) is 3.24. The molecule has 1 aliphatic heterocycles. The number of carbonyl (C=O) groups is 1. The van der Waals surface area contributed by atoms with Crippen LogP contribution in [0.5, 0.6) is 0 Å². The van der Waals surface area contributed by atoms with Crippen molar-refractivity contribution in [3.63, 3.8) is 0 Å². The predicted octanol–water partition coefficient (Wildman–Crippen LogP) is 4.32. The summed E-state index contributed by atoms with van der Waals surface area (Å²) in [7, 11) is 0. The number of thiocarbonyl (C=S) groups is 1. The van der Waals surface area contributed by atoms with Crippen LogP contribution in [0.4, 0.5) is 36.8 Å². The maximum absolute atomic E-state index is 12.8. The van der Waals surface area contributed by atoms with Crippen molar-refractivity contribution in [3.05, 3.63) is 29.3 Å². The maximum atomic E-state index is 12.8. The van der Waals surface area contributed by atoms with Crippen LogP contribution in [0.1, 0.15) is 17.5 Å². The van der Waals surface area contributed by atoms with Gasteiger partial charge in [0.15, 0.2) is 0 Å². The van der Waals surface area contributed by atoms with E-state index in [1.54, 1.807) is 0 Å². The minimum atomic E-state index is -4.98. The lowest BCUT2D eigenvalue weighted by molar-refractivity contribution is -0.143. The molecule has 2 rings (SSSR count). The Hall–Kier alpha value is -2.04. The molecule has 1 unspecified atom stereocenters. The van der Waals surface area contributed by atoms with Gasteiger partial charge in [-0.2, -0.15) is 26.3 Å². The molecular formula is C13H9F6NO3S.